The molecule has 1 fully saturated rings. The third-order valence-electron chi connectivity index (χ3n) is 3.12. The second kappa shape index (κ2) is 7.09. The van der Waals surface area contributed by atoms with E-state index < -0.39 is 11.7 Å². The molecule has 0 aromatic carbocycles. The molecule has 122 valence electrons. The Hall–Kier alpha value is -1.34. The zero-order valence-corrected chi connectivity index (χ0v) is 13.6. The number of aliphatic hydroxyl groups excluding tert-OH is 1. The zero-order valence-electron chi connectivity index (χ0n) is 13.6. The van der Waals surface area contributed by atoms with Gasteiger partial charge < -0.3 is 24.5 Å². The molecule has 7 heteroatoms. The fourth-order valence-electron chi connectivity index (χ4n) is 2.19. The molecule has 1 aliphatic heterocycles. The van der Waals surface area contributed by atoms with Crippen LogP contribution in [-0.2, 0) is 9.53 Å². The lowest BCUT2D eigenvalue weighted by molar-refractivity contribution is -0.138. The summed E-state index contributed by atoms with van der Waals surface area (Å²) in [5, 5.41) is 9.49. The highest BCUT2D eigenvalue weighted by molar-refractivity contribution is 5.79. The number of hydrogen-bond donors (Lipinski definition) is 1. The molecule has 1 aliphatic rings. The first-order chi connectivity index (χ1) is 9.64. The van der Waals surface area contributed by atoms with E-state index in [0.29, 0.717) is 26.2 Å². The molecule has 0 aliphatic carbocycles. The van der Waals surface area contributed by atoms with Gasteiger partial charge in [0.15, 0.2) is 0 Å². The third-order valence-corrected chi connectivity index (χ3v) is 3.12. The Kier molecular flexibility index (Phi) is 5.98. The van der Waals surface area contributed by atoms with Gasteiger partial charge in [0.1, 0.15) is 5.60 Å². The Morgan fingerprint density at radius 3 is 2.38 bits per heavy atom. The lowest BCUT2D eigenvalue weighted by Crippen LogP contribution is -2.59. The van der Waals surface area contributed by atoms with Gasteiger partial charge in [0.25, 0.3) is 0 Å². The molecule has 1 saturated heterocycles. The molecule has 0 unspecified atom stereocenters. The summed E-state index contributed by atoms with van der Waals surface area (Å²) in [7, 11) is 3.64. The molecule has 1 N–H and O–H groups in total. The number of amides is 2. The average molecular weight is 301 g/mol. The molecular weight excluding hydrogens is 274 g/mol. The summed E-state index contributed by atoms with van der Waals surface area (Å²) in [6.45, 7) is 6.69. The van der Waals surface area contributed by atoms with Crippen LogP contribution in [0, 0.1) is 0 Å². The van der Waals surface area contributed by atoms with Crippen molar-refractivity contribution in [2.75, 3.05) is 46.9 Å². The minimum absolute atomic E-state index is 0.0390. The van der Waals surface area contributed by atoms with Crippen molar-refractivity contribution in [2.24, 2.45) is 0 Å². The average Bonchev–Trinajstić information content (AvgIpc) is 2.35. The monoisotopic (exact) mass is 301 g/mol. The first kappa shape index (κ1) is 17.7. The number of likely N-dealkylation sites (N-methyl/N-ethyl adjacent to an activating group) is 1. The summed E-state index contributed by atoms with van der Waals surface area (Å²) in [4.78, 5) is 29.1. The summed E-state index contributed by atoms with van der Waals surface area (Å²) < 4.78 is 5.32. The van der Waals surface area contributed by atoms with Crippen LogP contribution in [0.4, 0.5) is 4.79 Å². The van der Waals surface area contributed by atoms with Gasteiger partial charge in [0.05, 0.1) is 19.2 Å². The number of nitrogens with zero attached hydrogens (tertiary/aromatic N) is 3. The molecule has 2 amide bonds. The van der Waals surface area contributed by atoms with E-state index in [4.69, 9.17) is 4.74 Å². The van der Waals surface area contributed by atoms with Crippen LogP contribution in [0.5, 0.6) is 0 Å². The van der Waals surface area contributed by atoms with E-state index in [9.17, 15) is 14.7 Å². The van der Waals surface area contributed by atoms with Gasteiger partial charge >= 0.3 is 6.09 Å². The molecule has 0 radical (unpaired) electrons. The number of ether oxygens (including phenoxy) is 1. The van der Waals surface area contributed by atoms with Gasteiger partial charge in [-0.3, -0.25) is 4.79 Å². The van der Waals surface area contributed by atoms with E-state index in [0.717, 1.165) is 0 Å². The van der Waals surface area contributed by atoms with Crippen LogP contribution in [0.1, 0.15) is 20.8 Å². The first-order valence-corrected chi connectivity index (χ1v) is 7.17. The number of rotatable bonds is 3. The van der Waals surface area contributed by atoms with Gasteiger partial charge in [-0.15, -0.1) is 0 Å². The predicted molar refractivity (Wildman–Crippen MR) is 78.9 cm³/mol. The van der Waals surface area contributed by atoms with E-state index >= 15 is 0 Å². The Bertz CT molecular complexity index is 379. The summed E-state index contributed by atoms with van der Waals surface area (Å²) in [5.74, 6) is -0.0390. The Morgan fingerprint density at radius 1 is 1.29 bits per heavy atom. The van der Waals surface area contributed by atoms with E-state index in [-0.39, 0.29) is 18.6 Å². The van der Waals surface area contributed by atoms with E-state index in [1.54, 1.807) is 14.7 Å². The molecule has 0 bridgehead atoms. The van der Waals surface area contributed by atoms with Crippen molar-refractivity contribution < 1.29 is 19.4 Å². The maximum Gasteiger partial charge on any atom is 0.410 e. The molecular formula is C14H27N3O4. The Labute approximate surface area is 126 Å². The van der Waals surface area contributed by atoms with E-state index in [2.05, 4.69) is 0 Å². The number of aliphatic hydroxyl groups is 1. The third kappa shape index (κ3) is 5.51. The first-order valence-electron chi connectivity index (χ1n) is 7.17. The maximum absolute atomic E-state index is 12.1. The molecule has 1 atom stereocenters. The van der Waals surface area contributed by atoms with Crippen molar-refractivity contribution in [2.45, 2.75) is 32.4 Å². The smallest absolute Gasteiger partial charge is 0.410 e. The van der Waals surface area contributed by atoms with Crippen molar-refractivity contribution in [3.63, 3.8) is 0 Å². The van der Waals surface area contributed by atoms with Gasteiger partial charge in [-0.2, -0.15) is 0 Å². The van der Waals surface area contributed by atoms with Crippen LogP contribution < -0.4 is 0 Å². The quantitative estimate of drug-likeness (QED) is 0.793. The molecule has 1 rings (SSSR count). The Morgan fingerprint density at radius 2 is 1.90 bits per heavy atom. The SMILES string of the molecule is CN(C)CC(=O)N1CCN(C(=O)OC(C)(C)C)C[C@@H]1CO. The van der Waals surface area contributed by atoms with E-state index in [1.165, 1.54) is 0 Å². The van der Waals surface area contributed by atoms with Gasteiger partial charge in [0, 0.05) is 19.6 Å². The van der Waals surface area contributed by atoms with Crippen molar-refractivity contribution in [3.05, 3.63) is 0 Å². The summed E-state index contributed by atoms with van der Waals surface area (Å²) in [6.07, 6.45) is -0.402. The molecule has 0 spiro atoms. The number of carbonyl (C=O) groups excluding carboxylic acids is 2. The molecule has 0 aromatic heterocycles. The minimum atomic E-state index is -0.552. The van der Waals surface area contributed by atoms with Crippen LogP contribution in [0.2, 0.25) is 0 Å². The van der Waals surface area contributed by atoms with Crippen LogP contribution in [-0.4, -0.2) is 90.3 Å². The van der Waals surface area contributed by atoms with Crippen LogP contribution in [0.25, 0.3) is 0 Å². The standard InChI is InChI=1S/C14H27N3O4/c1-14(2,3)21-13(20)16-6-7-17(11(8-16)10-18)12(19)9-15(4)5/h11,18H,6-10H2,1-5H3/t11-/m1/s1. The van der Waals surface area contributed by atoms with Crippen molar-refractivity contribution in [1.82, 2.24) is 14.7 Å². The summed E-state index contributed by atoms with van der Waals surface area (Å²) in [6, 6.07) is -0.376. The van der Waals surface area contributed by atoms with Gasteiger partial charge in [0.2, 0.25) is 5.91 Å². The molecule has 1 heterocycles. The normalized spacial score (nSPS) is 19.9. The summed E-state index contributed by atoms with van der Waals surface area (Å²) in [5.41, 5.74) is -0.552. The fraction of sp³-hybridized carbons (Fsp3) is 0.857. The second-order valence-corrected chi connectivity index (χ2v) is 6.59. The van der Waals surface area contributed by atoms with Crippen molar-refractivity contribution in [1.29, 1.82) is 0 Å². The Balaban J connectivity index is 2.64. The van der Waals surface area contributed by atoms with Crippen LogP contribution in [0.15, 0.2) is 0 Å². The highest BCUT2D eigenvalue weighted by Gasteiger charge is 2.33. The lowest BCUT2D eigenvalue weighted by atomic mass is 10.1. The summed E-state index contributed by atoms with van der Waals surface area (Å²) >= 11 is 0. The molecule has 0 saturated carbocycles. The minimum Gasteiger partial charge on any atom is -0.444 e. The topological polar surface area (TPSA) is 73.3 Å². The lowest BCUT2D eigenvalue weighted by Gasteiger charge is -2.41. The van der Waals surface area contributed by atoms with Crippen molar-refractivity contribution >= 4 is 12.0 Å². The molecule has 21 heavy (non-hydrogen) atoms. The highest BCUT2D eigenvalue weighted by Crippen LogP contribution is 2.15. The van der Waals surface area contributed by atoms with Gasteiger partial charge in [-0.25, -0.2) is 4.79 Å². The largest absolute Gasteiger partial charge is 0.444 e. The molecule has 7 nitrogen and oxygen atoms in total. The van der Waals surface area contributed by atoms with Crippen LogP contribution in [0.3, 0.4) is 0 Å². The van der Waals surface area contributed by atoms with Crippen molar-refractivity contribution in [3.8, 4) is 0 Å². The van der Waals surface area contributed by atoms with Gasteiger partial charge in [-0.1, -0.05) is 0 Å². The number of carbonyl (C=O) groups is 2. The van der Waals surface area contributed by atoms with Gasteiger partial charge in [-0.05, 0) is 34.9 Å². The maximum atomic E-state index is 12.1. The number of piperazine rings is 1. The van der Waals surface area contributed by atoms with E-state index in [1.807, 2.05) is 34.9 Å². The second-order valence-electron chi connectivity index (χ2n) is 6.59. The highest BCUT2D eigenvalue weighted by atomic mass is 16.6. The fourth-order valence-corrected chi connectivity index (χ4v) is 2.19. The predicted octanol–water partition coefficient (Wildman–Crippen LogP) is -0.0118. The number of hydrogen-bond acceptors (Lipinski definition) is 5. The zero-order chi connectivity index (χ0) is 16.2. The van der Waals surface area contributed by atoms with Crippen LogP contribution >= 0.6 is 0 Å². The molecule has 0 aromatic rings.